The Morgan fingerprint density at radius 1 is 0.846 bits per heavy atom. The van der Waals surface area contributed by atoms with Crippen LogP contribution in [0.25, 0.3) is 0 Å². The molecular weight excluding hydrogens is 347 g/mol. The lowest BCUT2D eigenvalue weighted by Gasteiger charge is -2.41. The Morgan fingerprint density at radius 2 is 1.23 bits per heavy atom. The summed E-state index contributed by atoms with van der Waals surface area (Å²) < 4.78 is 25.6. The number of rotatable bonds is 7. The zero-order valence-corrected chi connectivity index (χ0v) is 18.6. The van der Waals surface area contributed by atoms with Gasteiger partial charge < -0.3 is 14.2 Å². The minimum absolute atomic E-state index is 0.0738. The molecular formula is C21H41O4P. The van der Waals surface area contributed by atoms with Gasteiger partial charge in [0.05, 0.1) is 12.2 Å². The summed E-state index contributed by atoms with van der Waals surface area (Å²) >= 11 is 0. The molecule has 2 fully saturated rings. The lowest BCUT2D eigenvalue weighted by Crippen LogP contribution is -2.36. The molecule has 154 valence electrons. The van der Waals surface area contributed by atoms with Crippen molar-refractivity contribution in [2.75, 3.05) is 6.35 Å². The van der Waals surface area contributed by atoms with Crippen LogP contribution in [0.1, 0.15) is 80.1 Å². The van der Waals surface area contributed by atoms with Crippen LogP contribution in [-0.4, -0.2) is 23.7 Å². The third kappa shape index (κ3) is 5.80. The molecule has 0 heterocycles. The fourth-order valence-electron chi connectivity index (χ4n) is 4.98. The number of hydrogen-bond acceptors (Lipinski definition) is 4. The molecule has 0 bridgehead atoms. The second-order valence-electron chi connectivity index (χ2n) is 9.69. The maximum Gasteiger partial charge on any atom is 0.356 e. The summed E-state index contributed by atoms with van der Waals surface area (Å²) in [6, 6.07) is 0. The van der Waals surface area contributed by atoms with Gasteiger partial charge in [0, 0.05) is 0 Å². The van der Waals surface area contributed by atoms with Crippen molar-refractivity contribution in [1.29, 1.82) is 0 Å². The number of hydrogen-bond donors (Lipinski definition) is 1. The second-order valence-corrected chi connectivity index (χ2v) is 11.6. The van der Waals surface area contributed by atoms with Crippen LogP contribution in [0.15, 0.2) is 0 Å². The van der Waals surface area contributed by atoms with Crippen molar-refractivity contribution in [3.05, 3.63) is 0 Å². The average Bonchev–Trinajstić information content (AvgIpc) is 2.54. The molecule has 2 aliphatic rings. The molecule has 0 saturated heterocycles. The number of aliphatic hydroxyl groups excluding tert-OH is 1. The zero-order valence-electron chi connectivity index (χ0n) is 17.7. The Labute approximate surface area is 161 Å². The Bertz CT molecular complexity index is 441. The van der Waals surface area contributed by atoms with Crippen molar-refractivity contribution in [3.8, 4) is 0 Å². The van der Waals surface area contributed by atoms with E-state index in [-0.39, 0.29) is 12.2 Å². The molecule has 2 saturated carbocycles. The van der Waals surface area contributed by atoms with Gasteiger partial charge in [-0.05, 0) is 61.2 Å². The Balaban J connectivity index is 2.11. The summed E-state index contributed by atoms with van der Waals surface area (Å²) in [5.41, 5.74) is 0. The van der Waals surface area contributed by atoms with Gasteiger partial charge >= 0.3 is 7.60 Å². The standard InChI is InChI=1S/C21H41O4P/c1-14(2)18-9-7-16(5)11-20(18)24-26(23,13-22)25-21-12-17(6)8-10-19(21)15(3)4/h14-22H,7-13H2,1-6H3/t16-,17-,18+,19+,20-,21-/m1/s1. The third-order valence-corrected chi connectivity index (χ3v) is 8.22. The minimum Gasteiger partial charge on any atom is -0.384 e. The highest BCUT2D eigenvalue weighted by atomic mass is 31.2. The second kappa shape index (κ2) is 9.54. The van der Waals surface area contributed by atoms with Crippen molar-refractivity contribution in [2.45, 2.75) is 92.3 Å². The molecule has 5 heteroatoms. The minimum atomic E-state index is -3.49. The Morgan fingerprint density at radius 3 is 1.54 bits per heavy atom. The van der Waals surface area contributed by atoms with Gasteiger partial charge in [-0.1, -0.05) is 54.4 Å². The summed E-state index contributed by atoms with van der Waals surface area (Å²) in [5.74, 6) is 2.89. The van der Waals surface area contributed by atoms with Gasteiger partial charge in [-0.3, -0.25) is 4.57 Å². The zero-order chi connectivity index (χ0) is 19.5. The predicted octanol–water partition coefficient (Wildman–Crippen LogP) is 6.08. The van der Waals surface area contributed by atoms with Crippen LogP contribution in [0.3, 0.4) is 0 Å². The molecule has 0 spiro atoms. The first kappa shape index (κ1) is 22.4. The van der Waals surface area contributed by atoms with Gasteiger partial charge in [-0.25, -0.2) is 0 Å². The van der Waals surface area contributed by atoms with E-state index in [2.05, 4.69) is 41.5 Å². The molecule has 2 aliphatic carbocycles. The first-order valence-corrected chi connectivity index (χ1v) is 12.4. The molecule has 1 N–H and O–H groups in total. The molecule has 0 radical (unpaired) electrons. The molecule has 0 aromatic carbocycles. The van der Waals surface area contributed by atoms with E-state index in [1.165, 1.54) is 12.8 Å². The van der Waals surface area contributed by atoms with E-state index in [0.717, 1.165) is 25.7 Å². The van der Waals surface area contributed by atoms with Gasteiger partial charge in [-0.2, -0.15) is 0 Å². The van der Waals surface area contributed by atoms with Crippen LogP contribution >= 0.6 is 7.60 Å². The topological polar surface area (TPSA) is 55.8 Å². The van der Waals surface area contributed by atoms with E-state index in [1.807, 2.05) is 0 Å². The van der Waals surface area contributed by atoms with Crippen molar-refractivity contribution in [3.63, 3.8) is 0 Å². The maximum atomic E-state index is 13.4. The van der Waals surface area contributed by atoms with E-state index in [1.54, 1.807) is 0 Å². The van der Waals surface area contributed by atoms with Gasteiger partial charge in [0.2, 0.25) is 0 Å². The summed E-state index contributed by atoms with van der Waals surface area (Å²) in [6.07, 6.45) is 5.75. The average molecular weight is 389 g/mol. The fourth-order valence-corrected chi connectivity index (χ4v) is 6.47. The highest BCUT2D eigenvalue weighted by Gasteiger charge is 2.41. The summed E-state index contributed by atoms with van der Waals surface area (Å²) in [4.78, 5) is 0. The summed E-state index contributed by atoms with van der Waals surface area (Å²) in [5, 5.41) is 9.92. The van der Waals surface area contributed by atoms with E-state index in [9.17, 15) is 9.67 Å². The van der Waals surface area contributed by atoms with E-state index >= 15 is 0 Å². The van der Waals surface area contributed by atoms with Crippen molar-refractivity contribution < 1.29 is 18.7 Å². The highest BCUT2D eigenvalue weighted by molar-refractivity contribution is 7.53. The molecule has 26 heavy (non-hydrogen) atoms. The number of aliphatic hydroxyl groups is 1. The van der Waals surface area contributed by atoms with E-state index in [0.29, 0.717) is 35.5 Å². The molecule has 6 atom stereocenters. The van der Waals surface area contributed by atoms with Crippen molar-refractivity contribution in [2.24, 2.45) is 35.5 Å². The largest absolute Gasteiger partial charge is 0.384 e. The van der Waals surface area contributed by atoms with Crippen LogP contribution in [-0.2, 0) is 13.6 Å². The normalized spacial score (nSPS) is 36.7. The van der Waals surface area contributed by atoms with Crippen LogP contribution in [0.4, 0.5) is 0 Å². The van der Waals surface area contributed by atoms with Crippen LogP contribution in [0.2, 0.25) is 0 Å². The van der Waals surface area contributed by atoms with Gasteiger partial charge in [-0.15, -0.1) is 0 Å². The van der Waals surface area contributed by atoms with Crippen LogP contribution in [0.5, 0.6) is 0 Å². The third-order valence-electron chi connectivity index (χ3n) is 6.69. The fraction of sp³-hybridized carbons (Fsp3) is 1.00. The lowest BCUT2D eigenvalue weighted by molar-refractivity contribution is -0.00816. The van der Waals surface area contributed by atoms with Crippen molar-refractivity contribution >= 4 is 7.60 Å². The molecule has 0 aromatic rings. The van der Waals surface area contributed by atoms with Crippen LogP contribution in [0, 0.1) is 35.5 Å². The van der Waals surface area contributed by atoms with Crippen LogP contribution < -0.4 is 0 Å². The van der Waals surface area contributed by atoms with Gasteiger partial charge in [0.15, 0.2) is 0 Å². The quantitative estimate of drug-likeness (QED) is 0.537. The summed E-state index contributed by atoms with van der Waals surface area (Å²) in [7, 11) is -3.49. The molecule has 0 amide bonds. The first-order chi connectivity index (χ1) is 12.1. The van der Waals surface area contributed by atoms with Gasteiger partial charge in [0.1, 0.15) is 6.35 Å². The predicted molar refractivity (Wildman–Crippen MR) is 107 cm³/mol. The van der Waals surface area contributed by atoms with E-state index < -0.39 is 13.9 Å². The highest BCUT2D eigenvalue weighted by Crippen LogP contribution is 2.55. The van der Waals surface area contributed by atoms with Gasteiger partial charge in [0.25, 0.3) is 0 Å². The van der Waals surface area contributed by atoms with Crippen molar-refractivity contribution in [1.82, 2.24) is 0 Å². The Kier molecular flexibility index (Phi) is 8.22. The molecule has 0 aromatic heterocycles. The molecule has 0 unspecified atom stereocenters. The molecule has 2 rings (SSSR count). The molecule has 0 aliphatic heterocycles. The lowest BCUT2D eigenvalue weighted by atomic mass is 9.75. The smallest absolute Gasteiger partial charge is 0.356 e. The SMILES string of the molecule is CC(C)[C@@H]1CC[C@@H](C)C[C@H]1OP(=O)(CO)O[C@@H]1C[C@H](C)CC[C@H]1C(C)C. The Hall–Kier alpha value is 0.110. The summed E-state index contributed by atoms with van der Waals surface area (Å²) in [6.45, 7) is 13.3. The monoisotopic (exact) mass is 388 g/mol. The van der Waals surface area contributed by atoms with E-state index in [4.69, 9.17) is 9.05 Å². The molecule has 4 nitrogen and oxygen atoms in total. The first-order valence-electron chi connectivity index (χ1n) is 10.7. The maximum absolute atomic E-state index is 13.4.